The molecule has 0 N–H and O–H groups in total. The van der Waals surface area contributed by atoms with E-state index in [1.165, 1.54) is 27.8 Å². The molecule has 0 amide bonds. The summed E-state index contributed by atoms with van der Waals surface area (Å²) in [6, 6.07) is 34.6. The van der Waals surface area contributed by atoms with Crippen LogP contribution < -0.4 is 4.74 Å². The number of hydrogen-bond acceptors (Lipinski definition) is 3. The van der Waals surface area contributed by atoms with Gasteiger partial charge < -0.3 is 9.30 Å². The second kappa shape index (κ2) is 13.2. The maximum Gasteiger partial charge on any atom is 2.00 e. The molecule has 0 radical (unpaired) electrons. The molecule has 0 saturated carbocycles. The fourth-order valence-corrected chi connectivity index (χ4v) is 6.50. The number of nitrogens with zero attached hydrogens (tertiary/aromatic N) is 4. The first-order chi connectivity index (χ1) is 22.5. The second-order valence-electron chi connectivity index (χ2n) is 14.0. The molecule has 0 aliphatic rings. The number of rotatable bonds is 7. The van der Waals surface area contributed by atoms with Gasteiger partial charge in [0.15, 0.2) is 0 Å². The van der Waals surface area contributed by atoms with Gasteiger partial charge in [0.2, 0.25) is 0 Å². The minimum absolute atomic E-state index is 0. The normalized spacial score (nSPS) is 11.8. The van der Waals surface area contributed by atoms with Gasteiger partial charge in [-0.15, -0.1) is 35.7 Å². The number of para-hydroxylation sites is 1. The number of ether oxygens (including phenoxy) is 1. The van der Waals surface area contributed by atoms with Crippen molar-refractivity contribution >= 4 is 21.8 Å². The van der Waals surface area contributed by atoms with Gasteiger partial charge in [0.1, 0.15) is 5.82 Å². The Balaban J connectivity index is 0.00000401. The Labute approximate surface area is 297 Å². The fourth-order valence-electron chi connectivity index (χ4n) is 6.50. The van der Waals surface area contributed by atoms with Gasteiger partial charge in [0.05, 0.1) is 6.20 Å². The maximum atomic E-state index is 6.58. The van der Waals surface area contributed by atoms with Crippen LogP contribution in [0.25, 0.3) is 44.4 Å². The third kappa shape index (κ3) is 6.49. The van der Waals surface area contributed by atoms with Crippen molar-refractivity contribution in [1.29, 1.82) is 0 Å². The molecule has 6 heteroatoms. The number of hydrogen-bond donors (Lipinski definition) is 0. The van der Waals surface area contributed by atoms with Crippen LogP contribution in [0, 0.1) is 31.9 Å². The third-order valence-corrected chi connectivity index (χ3v) is 8.75. The van der Waals surface area contributed by atoms with E-state index in [-0.39, 0.29) is 26.5 Å². The molecule has 4 aromatic carbocycles. The van der Waals surface area contributed by atoms with Crippen molar-refractivity contribution in [2.75, 3.05) is 0 Å². The van der Waals surface area contributed by atoms with Crippen molar-refractivity contribution in [1.82, 2.24) is 19.3 Å². The quantitative estimate of drug-likeness (QED) is 0.151. The van der Waals surface area contributed by atoms with Crippen LogP contribution in [0.2, 0.25) is 0 Å². The van der Waals surface area contributed by atoms with Crippen LogP contribution in [-0.4, -0.2) is 19.3 Å². The molecule has 0 atom stereocenters. The summed E-state index contributed by atoms with van der Waals surface area (Å²) < 4.78 is 10.7. The van der Waals surface area contributed by atoms with E-state index >= 15 is 0 Å². The fraction of sp³-hybridized carbons (Fsp3) is 0.238. The first-order valence-corrected chi connectivity index (χ1v) is 16.3. The van der Waals surface area contributed by atoms with Crippen molar-refractivity contribution in [3.63, 3.8) is 0 Å². The number of aryl methyl sites for hydroxylation is 2. The maximum absolute atomic E-state index is 6.58. The summed E-state index contributed by atoms with van der Waals surface area (Å²) in [5.41, 5.74) is 10.0. The molecule has 48 heavy (non-hydrogen) atoms. The van der Waals surface area contributed by atoms with Gasteiger partial charge in [-0.3, -0.25) is 4.68 Å². The van der Waals surface area contributed by atoms with Crippen LogP contribution in [-0.2, 0) is 32.9 Å². The topological polar surface area (TPSA) is 44.9 Å². The molecule has 0 bridgehead atoms. The van der Waals surface area contributed by atoms with E-state index in [1.807, 2.05) is 23.1 Å². The van der Waals surface area contributed by atoms with Crippen LogP contribution >= 0.6 is 0 Å². The summed E-state index contributed by atoms with van der Waals surface area (Å²) in [4.78, 5) is 4.81. The molecule has 0 unspecified atom stereocenters. The van der Waals surface area contributed by atoms with Gasteiger partial charge in [0, 0.05) is 35.0 Å². The Bertz CT molecular complexity index is 2230. The molecule has 0 aliphatic carbocycles. The molecular weight excluding hydrogens is 772 g/mol. The predicted octanol–water partition coefficient (Wildman–Crippen LogP) is 10.5. The van der Waals surface area contributed by atoms with E-state index in [2.05, 4.69) is 144 Å². The van der Waals surface area contributed by atoms with Crippen LogP contribution in [0.15, 0.2) is 97.5 Å². The van der Waals surface area contributed by atoms with E-state index in [1.54, 1.807) is 0 Å². The smallest absolute Gasteiger partial charge is 0.509 e. The number of fused-ring (bicyclic) bond motifs is 3. The summed E-state index contributed by atoms with van der Waals surface area (Å²) in [6.07, 6.45) is 6.83. The Hall–Kier alpha value is -4.47. The number of benzene rings is 4. The van der Waals surface area contributed by atoms with E-state index < -0.39 is 0 Å². The van der Waals surface area contributed by atoms with Crippen molar-refractivity contribution < 1.29 is 25.8 Å². The SMILES string of the molecule is Cc1cccc(C)c1-c1cnn(-c2[c-]c(Oc3[c-]c4c(cc3)c3ccccc3n4-c3cc(C(C)(C)C)ccn3)cc(CC(C)C)c2)c1.[Pt+2]. The number of pyridine rings is 1. The molecule has 3 heterocycles. The minimum atomic E-state index is -0.00290. The van der Waals surface area contributed by atoms with Gasteiger partial charge in [-0.2, -0.15) is 16.7 Å². The zero-order valence-electron chi connectivity index (χ0n) is 28.5. The van der Waals surface area contributed by atoms with E-state index in [9.17, 15) is 0 Å². The predicted molar refractivity (Wildman–Crippen MR) is 192 cm³/mol. The summed E-state index contributed by atoms with van der Waals surface area (Å²) in [5, 5.41) is 7.01. The second-order valence-corrected chi connectivity index (χ2v) is 14.0. The Morgan fingerprint density at radius 2 is 1.60 bits per heavy atom. The average molecular weight is 812 g/mol. The Morgan fingerprint density at radius 3 is 2.35 bits per heavy atom. The van der Waals surface area contributed by atoms with Gasteiger partial charge in [-0.25, -0.2) is 4.98 Å². The van der Waals surface area contributed by atoms with E-state index in [0.717, 1.165) is 45.3 Å². The molecular formula is C42H40N4OPt. The summed E-state index contributed by atoms with van der Waals surface area (Å²) in [5.74, 6) is 2.60. The van der Waals surface area contributed by atoms with Crippen LogP contribution in [0.1, 0.15) is 56.9 Å². The first kappa shape index (κ1) is 33.4. The molecule has 0 saturated heterocycles. The van der Waals surface area contributed by atoms with Gasteiger partial charge >= 0.3 is 21.1 Å². The average Bonchev–Trinajstić information content (AvgIpc) is 3.63. The summed E-state index contributed by atoms with van der Waals surface area (Å²) in [7, 11) is 0. The first-order valence-electron chi connectivity index (χ1n) is 16.3. The summed E-state index contributed by atoms with van der Waals surface area (Å²) in [6.45, 7) is 15.4. The van der Waals surface area contributed by atoms with E-state index in [4.69, 9.17) is 14.8 Å². The van der Waals surface area contributed by atoms with Gasteiger partial charge in [-0.05, 0) is 83.1 Å². The third-order valence-electron chi connectivity index (χ3n) is 8.75. The molecule has 0 spiro atoms. The van der Waals surface area contributed by atoms with Crippen molar-refractivity contribution in [3.05, 3.63) is 132 Å². The molecule has 0 fully saturated rings. The monoisotopic (exact) mass is 811 g/mol. The molecule has 5 nitrogen and oxygen atoms in total. The molecule has 0 aliphatic heterocycles. The van der Waals surface area contributed by atoms with Crippen molar-refractivity contribution in [2.45, 2.75) is 60.3 Å². The Morgan fingerprint density at radius 1 is 0.833 bits per heavy atom. The van der Waals surface area contributed by atoms with Crippen LogP contribution in [0.5, 0.6) is 11.5 Å². The van der Waals surface area contributed by atoms with Gasteiger partial charge in [0.25, 0.3) is 0 Å². The standard InChI is InChI=1S/C42H40N4O.Pt/c1-27(2)19-30-20-33(45-26-31(25-44-45)41-28(3)11-10-12-29(41)4)23-35(21-30)47-34-15-16-37-36-13-8-9-14-38(36)46(39(37)24-34)40-22-32(17-18-43-40)42(5,6)7;/h8-18,20-22,25-27H,19H2,1-7H3;/q-2;+2. The van der Waals surface area contributed by atoms with Crippen LogP contribution in [0.4, 0.5) is 0 Å². The van der Waals surface area contributed by atoms with E-state index in [0.29, 0.717) is 17.4 Å². The molecule has 7 rings (SSSR count). The molecule has 3 aromatic heterocycles. The zero-order chi connectivity index (χ0) is 32.9. The van der Waals surface area contributed by atoms with Crippen LogP contribution in [0.3, 0.4) is 0 Å². The molecule has 244 valence electrons. The largest absolute Gasteiger partial charge is 2.00 e. The zero-order valence-corrected chi connectivity index (χ0v) is 30.8. The Kier molecular flexibility index (Phi) is 9.20. The summed E-state index contributed by atoms with van der Waals surface area (Å²) >= 11 is 0. The minimum Gasteiger partial charge on any atom is -0.509 e. The van der Waals surface area contributed by atoms with Crippen molar-refractivity contribution in [3.8, 4) is 34.1 Å². The number of aromatic nitrogens is 4. The molecule has 7 aromatic rings. The van der Waals surface area contributed by atoms with Crippen molar-refractivity contribution in [2.24, 2.45) is 5.92 Å². The van der Waals surface area contributed by atoms with Gasteiger partial charge in [-0.1, -0.05) is 76.5 Å².